The van der Waals surface area contributed by atoms with Crippen molar-refractivity contribution in [1.29, 1.82) is 0 Å². The van der Waals surface area contributed by atoms with Gasteiger partial charge in [0.1, 0.15) is 5.75 Å². The first-order chi connectivity index (χ1) is 9.92. The van der Waals surface area contributed by atoms with Gasteiger partial charge in [-0.2, -0.15) is 0 Å². The summed E-state index contributed by atoms with van der Waals surface area (Å²) in [7, 11) is 1.71. The van der Waals surface area contributed by atoms with Gasteiger partial charge in [-0.3, -0.25) is 0 Å². The molecular weight excluding hydrogens is 258 g/mol. The first-order valence-corrected chi connectivity index (χ1v) is 7.41. The highest BCUT2D eigenvalue weighted by atomic mass is 16.5. The number of hydrogen-bond acceptors (Lipinski definition) is 2. The Hall–Kier alpha value is -1.96. The summed E-state index contributed by atoms with van der Waals surface area (Å²) in [4.78, 5) is 0. The molecule has 2 heteroatoms. The lowest BCUT2D eigenvalue weighted by Crippen LogP contribution is -2.10. The average molecular weight is 283 g/mol. The molecular formula is C19H25NO. The molecule has 2 nitrogen and oxygen atoms in total. The van der Waals surface area contributed by atoms with Crippen LogP contribution >= 0.6 is 0 Å². The number of rotatable bonds is 4. The van der Waals surface area contributed by atoms with Crippen molar-refractivity contribution in [2.24, 2.45) is 0 Å². The molecule has 0 aliphatic carbocycles. The molecule has 112 valence electrons. The molecule has 0 fully saturated rings. The van der Waals surface area contributed by atoms with E-state index < -0.39 is 0 Å². The molecule has 0 aromatic heterocycles. The highest BCUT2D eigenvalue weighted by Crippen LogP contribution is 2.28. The van der Waals surface area contributed by atoms with Gasteiger partial charge in [0.25, 0.3) is 0 Å². The molecule has 0 radical (unpaired) electrons. The van der Waals surface area contributed by atoms with E-state index in [4.69, 9.17) is 4.74 Å². The molecule has 21 heavy (non-hydrogen) atoms. The van der Waals surface area contributed by atoms with Crippen LogP contribution in [0.15, 0.2) is 30.3 Å². The van der Waals surface area contributed by atoms with E-state index in [1.807, 2.05) is 6.07 Å². The zero-order chi connectivity index (χ0) is 15.6. The molecule has 0 spiro atoms. The molecule has 0 amide bonds. The second-order valence-electron chi connectivity index (χ2n) is 5.86. The second kappa shape index (κ2) is 6.21. The summed E-state index contributed by atoms with van der Waals surface area (Å²) < 4.78 is 5.31. The maximum atomic E-state index is 5.31. The first kappa shape index (κ1) is 15.4. The number of hydrogen-bond donors (Lipinski definition) is 1. The van der Waals surface area contributed by atoms with E-state index in [0.717, 1.165) is 17.0 Å². The summed E-state index contributed by atoms with van der Waals surface area (Å²) >= 11 is 0. The van der Waals surface area contributed by atoms with E-state index >= 15 is 0 Å². The molecule has 0 aliphatic rings. The molecule has 0 bridgehead atoms. The van der Waals surface area contributed by atoms with Crippen LogP contribution in [0.4, 0.5) is 5.69 Å². The number of methoxy groups -OCH3 is 1. The van der Waals surface area contributed by atoms with Gasteiger partial charge >= 0.3 is 0 Å². The van der Waals surface area contributed by atoms with E-state index in [1.54, 1.807) is 7.11 Å². The molecule has 2 aromatic carbocycles. The number of nitrogens with one attached hydrogen (secondary N) is 1. The molecule has 1 unspecified atom stereocenters. The Morgan fingerprint density at radius 1 is 0.905 bits per heavy atom. The zero-order valence-electron chi connectivity index (χ0n) is 13.9. The quantitative estimate of drug-likeness (QED) is 0.842. The fourth-order valence-corrected chi connectivity index (χ4v) is 3.16. The Morgan fingerprint density at radius 3 is 2.05 bits per heavy atom. The molecule has 0 aliphatic heterocycles. The molecule has 2 aromatic rings. The second-order valence-corrected chi connectivity index (χ2v) is 5.86. The van der Waals surface area contributed by atoms with Crippen LogP contribution in [0.3, 0.4) is 0 Å². The monoisotopic (exact) mass is 283 g/mol. The van der Waals surface area contributed by atoms with E-state index in [0.29, 0.717) is 0 Å². The highest BCUT2D eigenvalue weighted by Gasteiger charge is 2.12. The Kier molecular flexibility index (Phi) is 4.56. The molecule has 0 heterocycles. The van der Waals surface area contributed by atoms with Gasteiger partial charge in [0, 0.05) is 11.7 Å². The molecule has 1 atom stereocenters. The fraction of sp³-hybridized carbons (Fsp3) is 0.368. The minimum Gasteiger partial charge on any atom is -0.496 e. The maximum absolute atomic E-state index is 5.31. The van der Waals surface area contributed by atoms with Crippen LogP contribution in [0.2, 0.25) is 0 Å². The van der Waals surface area contributed by atoms with Crippen LogP contribution in [-0.2, 0) is 0 Å². The van der Waals surface area contributed by atoms with E-state index in [9.17, 15) is 0 Å². The highest BCUT2D eigenvalue weighted by molar-refractivity contribution is 5.53. The Morgan fingerprint density at radius 2 is 1.52 bits per heavy atom. The summed E-state index contributed by atoms with van der Waals surface area (Å²) in [5, 5.41) is 3.60. The zero-order valence-corrected chi connectivity index (χ0v) is 13.9. The van der Waals surface area contributed by atoms with E-state index in [2.05, 4.69) is 64.2 Å². The van der Waals surface area contributed by atoms with Crippen molar-refractivity contribution in [3.05, 3.63) is 58.1 Å². The lowest BCUT2D eigenvalue weighted by molar-refractivity contribution is 0.412. The van der Waals surface area contributed by atoms with Gasteiger partial charge in [0.2, 0.25) is 0 Å². The summed E-state index contributed by atoms with van der Waals surface area (Å²) in [5.74, 6) is 0.927. The van der Waals surface area contributed by atoms with Crippen molar-refractivity contribution >= 4 is 5.69 Å². The van der Waals surface area contributed by atoms with Gasteiger partial charge in [-0.1, -0.05) is 17.7 Å². The Balaban J connectivity index is 2.26. The van der Waals surface area contributed by atoms with Crippen molar-refractivity contribution in [3.63, 3.8) is 0 Å². The Bertz CT molecular complexity index is 623. The summed E-state index contributed by atoms with van der Waals surface area (Å²) in [6.07, 6.45) is 0. The van der Waals surface area contributed by atoms with Crippen LogP contribution < -0.4 is 10.1 Å². The van der Waals surface area contributed by atoms with Crippen LogP contribution in [0.1, 0.15) is 40.8 Å². The van der Waals surface area contributed by atoms with Gasteiger partial charge in [0.05, 0.1) is 7.11 Å². The molecule has 1 N–H and O–H groups in total. The fourth-order valence-electron chi connectivity index (χ4n) is 3.16. The van der Waals surface area contributed by atoms with Crippen LogP contribution in [0, 0.1) is 27.7 Å². The van der Waals surface area contributed by atoms with E-state index in [-0.39, 0.29) is 6.04 Å². The van der Waals surface area contributed by atoms with Gasteiger partial charge in [-0.05, 0) is 75.1 Å². The molecule has 0 saturated heterocycles. The van der Waals surface area contributed by atoms with Gasteiger partial charge < -0.3 is 10.1 Å². The molecule has 2 rings (SSSR count). The number of benzene rings is 2. The van der Waals surface area contributed by atoms with Crippen molar-refractivity contribution in [1.82, 2.24) is 0 Å². The van der Waals surface area contributed by atoms with Crippen LogP contribution in [0.5, 0.6) is 5.75 Å². The summed E-state index contributed by atoms with van der Waals surface area (Å²) in [6.45, 7) is 10.8. The smallest absolute Gasteiger partial charge is 0.121 e. The standard InChI is InChI=1S/C19H25NO/c1-12-9-14(3)19(15(4)10-12)16(5)20-17-7-8-18(21-6)13(2)11-17/h7-11,16,20H,1-6H3. The van der Waals surface area contributed by atoms with Gasteiger partial charge in [0.15, 0.2) is 0 Å². The lowest BCUT2D eigenvalue weighted by atomic mass is 9.94. The summed E-state index contributed by atoms with van der Waals surface area (Å²) in [5.41, 5.74) is 7.66. The topological polar surface area (TPSA) is 21.3 Å². The normalized spacial score (nSPS) is 12.1. The minimum absolute atomic E-state index is 0.276. The largest absolute Gasteiger partial charge is 0.496 e. The number of aryl methyl sites for hydroxylation is 4. The average Bonchev–Trinajstić information content (AvgIpc) is 2.37. The maximum Gasteiger partial charge on any atom is 0.121 e. The van der Waals surface area contributed by atoms with Crippen molar-refractivity contribution in [2.45, 2.75) is 40.7 Å². The van der Waals surface area contributed by atoms with Crippen LogP contribution in [0.25, 0.3) is 0 Å². The SMILES string of the molecule is COc1ccc(NC(C)c2c(C)cc(C)cc2C)cc1C. The van der Waals surface area contributed by atoms with Crippen molar-refractivity contribution in [2.75, 3.05) is 12.4 Å². The number of ether oxygens (including phenoxy) is 1. The van der Waals surface area contributed by atoms with Crippen LogP contribution in [-0.4, -0.2) is 7.11 Å². The van der Waals surface area contributed by atoms with Gasteiger partial charge in [-0.25, -0.2) is 0 Å². The third-order valence-electron chi connectivity index (χ3n) is 3.95. The minimum atomic E-state index is 0.276. The van der Waals surface area contributed by atoms with Crippen molar-refractivity contribution < 1.29 is 4.74 Å². The van der Waals surface area contributed by atoms with Gasteiger partial charge in [-0.15, -0.1) is 0 Å². The van der Waals surface area contributed by atoms with E-state index in [1.165, 1.54) is 22.3 Å². The lowest BCUT2D eigenvalue weighted by Gasteiger charge is -2.21. The van der Waals surface area contributed by atoms with Crippen molar-refractivity contribution in [3.8, 4) is 5.75 Å². The predicted octanol–water partition coefficient (Wildman–Crippen LogP) is 5.10. The first-order valence-electron chi connectivity index (χ1n) is 7.41. The number of anilines is 1. The third kappa shape index (κ3) is 3.38. The molecule has 0 saturated carbocycles. The summed E-state index contributed by atoms with van der Waals surface area (Å²) in [6, 6.07) is 11.0. The Labute approximate surface area is 128 Å². The third-order valence-corrected chi connectivity index (χ3v) is 3.95. The predicted molar refractivity (Wildman–Crippen MR) is 90.4 cm³/mol.